The molecule has 2 aliphatic carbocycles. The minimum Gasteiger partial charge on any atom is -0.392 e. The van der Waals surface area contributed by atoms with Crippen LogP contribution in [-0.2, 0) is 0 Å². The molecule has 3 unspecified atom stereocenters. The minimum atomic E-state index is -0.312. The van der Waals surface area contributed by atoms with Crippen molar-refractivity contribution in [3.63, 3.8) is 0 Å². The molecule has 2 nitrogen and oxygen atoms in total. The van der Waals surface area contributed by atoms with Gasteiger partial charge in [-0.15, -0.1) is 0 Å². The monoisotopic (exact) mass is 188 g/mol. The SMILES string of the molecule is O=C1c2ccccc2C2C(O)CCC12. The van der Waals surface area contributed by atoms with E-state index in [0.717, 1.165) is 24.0 Å². The highest BCUT2D eigenvalue weighted by Crippen LogP contribution is 2.47. The van der Waals surface area contributed by atoms with Crippen LogP contribution in [0.2, 0.25) is 0 Å². The number of hydrogen-bond acceptors (Lipinski definition) is 2. The highest BCUT2D eigenvalue weighted by molar-refractivity contribution is 6.03. The molecular weight excluding hydrogens is 176 g/mol. The summed E-state index contributed by atoms with van der Waals surface area (Å²) in [5, 5.41) is 9.81. The van der Waals surface area contributed by atoms with Gasteiger partial charge < -0.3 is 5.11 Å². The third-order valence-corrected chi connectivity index (χ3v) is 3.54. The van der Waals surface area contributed by atoms with E-state index in [1.807, 2.05) is 24.3 Å². The van der Waals surface area contributed by atoms with Crippen LogP contribution in [0.15, 0.2) is 24.3 Å². The Morgan fingerprint density at radius 2 is 2.00 bits per heavy atom. The molecule has 1 saturated carbocycles. The molecule has 0 bridgehead atoms. The lowest BCUT2D eigenvalue weighted by Gasteiger charge is -2.12. The van der Waals surface area contributed by atoms with Crippen molar-refractivity contribution in [3.8, 4) is 0 Å². The summed E-state index contributed by atoms with van der Waals surface area (Å²) in [6.07, 6.45) is 1.31. The molecule has 1 aromatic carbocycles. The van der Waals surface area contributed by atoms with E-state index < -0.39 is 0 Å². The molecular formula is C12H12O2. The van der Waals surface area contributed by atoms with Crippen LogP contribution >= 0.6 is 0 Å². The Balaban J connectivity index is 2.17. The second kappa shape index (κ2) is 2.67. The van der Waals surface area contributed by atoms with Crippen LogP contribution in [0.5, 0.6) is 0 Å². The van der Waals surface area contributed by atoms with E-state index in [1.165, 1.54) is 0 Å². The molecule has 0 heterocycles. The maximum atomic E-state index is 11.9. The molecule has 14 heavy (non-hydrogen) atoms. The average molecular weight is 188 g/mol. The van der Waals surface area contributed by atoms with Crippen LogP contribution < -0.4 is 0 Å². The Morgan fingerprint density at radius 1 is 1.21 bits per heavy atom. The van der Waals surface area contributed by atoms with Crippen LogP contribution in [0.4, 0.5) is 0 Å². The molecule has 3 rings (SSSR count). The summed E-state index contributed by atoms with van der Waals surface area (Å²) in [6.45, 7) is 0. The molecule has 2 aliphatic rings. The average Bonchev–Trinajstić information content (AvgIpc) is 2.70. The number of fused-ring (bicyclic) bond motifs is 3. The Kier molecular flexibility index (Phi) is 1.56. The third kappa shape index (κ3) is 0.867. The molecule has 1 aromatic rings. The standard InChI is InChI=1S/C12H12O2/c13-10-6-5-9-11(10)7-3-1-2-4-8(7)12(9)14/h1-4,9-11,13H,5-6H2. The van der Waals surface area contributed by atoms with Gasteiger partial charge in [-0.05, 0) is 18.4 Å². The smallest absolute Gasteiger partial charge is 0.166 e. The van der Waals surface area contributed by atoms with Crippen molar-refractivity contribution in [2.45, 2.75) is 24.9 Å². The minimum absolute atomic E-state index is 0.0578. The maximum absolute atomic E-state index is 11.9. The molecule has 0 spiro atoms. The van der Waals surface area contributed by atoms with Gasteiger partial charge in [0.2, 0.25) is 0 Å². The zero-order chi connectivity index (χ0) is 9.71. The molecule has 0 aromatic heterocycles. The van der Waals surface area contributed by atoms with Crippen LogP contribution in [-0.4, -0.2) is 17.0 Å². The summed E-state index contributed by atoms with van der Waals surface area (Å²) in [4.78, 5) is 11.9. The zero-order valence-electron chi connectivity index (χ0n) is 7.81. The molecule has 3 atom stereocenters. The van der Waals surface area contributed by atoms with Gasteiger partial charge in [-0.3, -0.25) is 4.79 Å². The Hall–Kier alpha value is -1.15. The number of aliphatic hydroxyl groups is 1. The van der Waals surface area contributed by atoms with Crippen molar-refractivity contribution in [2.75, 3.05) is 0 Å². The summed E-state index contributed by atoms with van der Waals surface area (Å²) in [5.74, 6) is 0.378. The molecule has 0 saturated heterocycles. The molecule has 0 amide bonds. The molecule has 0 aliphatic heterocycles. The third-order valence-electron chi connectivity index (χ3n) is 3.54. The van der Waals surface area contributed by atoms with Crippen molar-refractivity contribution >= 4 is 5.78 Å². The van der Waals surface area contributed by atoms with Crippen molar-refractivity contribution in [1.29, 1.82) is 0 Å². The van der Waals surface area contributed by atoms with Crippen LogP contribution in [0, 0.1) is 5.92 Å². The largest absolute Gasteiger partial charge is 0.392 e. The number of rotatable bonds is 0. The van der Waals surface area contributed by atoms with E-state index in [2.05, 4.69) is 0 Å². The van der Waals surface area contributed by atoms with Crippen molar-refractivity contribution in [1.82, 2.24) is 0 Å². The van der Waals surface area contributed by atoms with Gasteiger partial charge in [-0.2, -0.15) is 0 Å². The van der Waals surface area contributed by atoms with Crippen molar-refractivity contribution in [2.24, 2.45) is 5.92 Å². The number of benzene rings is 1. The van der Waals surface area contributed by atoms with Gasteiger partial charge in [0.05, 0.1) is 6.10 Å². The maximum Gasteiger partial charge on any atom is 0.166 e. The van der Waals surface area contributed by atoms with E-state index in [1.54, 1.807) is 0 Å². The highest BCUT2D eigenvalue weighted by Gasteiger charge is 2.46. The lowest BCUT2D eigenvalue weighted by atomic mass is 9.94. The van der Waals surface area contributed by atoms with E-state index in [9.17, 15) is 9.90 Å². The Bertz CT molecular complexity index is 397. The first-order valence-corrected chi connectivity index (χ1v) is 5.10. The molecule has 2 heteroatoms. The zero-order valence-corrected chi connectivity index (χ0v) is 7.81. The van der Waals surface area contributed by atoms with Crippen LogP contribution in [0.3, 0.4) is 0 Å². The number of hydrogen-bond donors (Lipinski definition) is 1. The summed E-state index contributed by atoms with van der Waals surface area (Å²) >= 11 is 0. The van der Waals surface area contributed by atoms with Gasteiger partial charge in [0, 0.05) is 17.4 Å². The first-order chi connectivity index (χ1) is 6.79. The van der Waals surface area contributed by atoms with Crippen molar-refractivity contribution < 1.29 is 9.90 Å². The number of ketones is 1. The number of Topliss-reactive ketones (excluding diaryl/α,β-unsaturated/α-hetero) is 1. The summed E-state index contributed by atoms with van der Waals surface area (Å²) < 4.78 is 0. The number of carbonyl (C=O) groups is 1. The van der Waals surface area contributed by atoms with Gasteiger partial charge >= 0.3 is 0 Å². The molecule has 72 valence electrons. The van der Waals surface area contributed by atoms with Gasteiger partial charge in [0.1, 0.15) is 0 Å². The molecule has 1 fully saturated rings. The number of carbonyl (C=O) groups excluding carboxylic acids is 1. The number of aliphatic hydroxyl groups excluding tert-OH is 1. The topological polar surface area (TPSA) is 37.3 Å². The van der Waals surface area contributed by atoms with E-state index in [4.69, 9.17) is 0 Å². The molecule has 0 radical (unpaired) electrons. The van der Waals surface area contributed by atoms with Crippen molar-refractivity contribution in [3.05, 3.63) is 35.4 Å². The second-order valence-corrected chi connectivity index (χ2v) is 4.23. The quantitative estimate of drug-likeness (QED) is 0.673. The highest BCUT2D eigenvalue weighted by atomic mass is 16.3. The fourth-order valence-corrected chi connectivity index (χ4v) is 2.91. The predicted molar refractivity (Wildman–Crippen MR) is 52.2 cm³/mol. The molecule has 1 N–H and O–H groups in total. The van der Waals surface area contributed by atoms with E-state index in [-0.39, 0.29) is 23.7 Å². The summed E-state index contributed by atoms with van der Waals surface area (Å²) in [7, 11) is 0. The van der Waals surface area contributed by atoms with E-state index in [0.29, 0.717) is 0 Å². The fourth-order valence-electron chi connectivity index (χ4n) is 2.91. The fraction of sp³-hybridized carbons (Fsp3) is 0.417. The first-order valence-electron chi connectivity index (χ1n) is 5.10. The lowest BCUT2D eigenvalue weighted by molar-refractivity contribution is 0.0912. The summed E-state index contributed by atoms with van der Waals surface area (Å²) in [6, 6.07) is 7.69. The second-order valence-electron chi connectivity index (χ2n) is 4.23. The van der Waals surface area contributed by atoms with Gasteiger partial charge in [-0.25, -0.2) is 0 Å². The lowest BCUT2D eigenvalue weighted by Crippen LogP contribution is -2.14. The van der Waals surface area contributed by atoms with Crippen LogP contribution in [0.25, 0.3) is 0 Å². The van der Waals surface area contributed by atoms with Crippen LogP contribution in [0.1, 0.15) is 34.7 Å². The Labute approximate surface area is 82.6 Å². The van der Waals surface area contributed by atoms with Gasteiger partial charge in [0.15, 0.2) is 5.78 Å². The summed E-state index contributed by atoms with van der Waals surface area (Å²) in [5.41, 5.74) is 1.90. The Morgan fingerprint density at radius 3 is 2.86 bits per heavy atom. The predicted octanol–water partition coefficient (Wildman–Crippen LogP) is 1.74. The normalized spacial score (nSPS) is 34.4. The first kappa shape index (κ1) is 8.18. The van der Waals surface area contributed by atoms with E-state index >= 15 is 0 Å². The van der Waals surface area contributed by atoms with Gasteiger partial charge in [-0.1, -0.05) is 24.3 Å². The van der Waals surface area contributed by atoms with Gasteiger partial charge in [0.25, 0.3) is 0 Å².